The molecule has 7 heteroatoms. The van der Waals surface area contributed by atoms with Crippen LogP contribution in [0.15, 0.2) is 18.3 Å². The first-order valence-corrected chi connectivity index (χ1v) is 10.3. The number of hydrogen-bond donors (Lipinski definition) is 1. The van der Waals surface area contributed by atoms with Crippen LogP contribution in [-0.2, 0) is 16.1 Å². The van der Waals surface area contributed by atoms with Gasteiger partial charge < -0.3 is 10.2 Å². The summed E-state index contributed by atoms with van der Waals surface area (Å²) in [6.07, 6.45) is 4.48. The van der Waals surface area contributed by atoms with E-state index < -0.39 is 0 Å². The van der Waals surface area contributed by atoms with E-state index in [-0.39, 0.29) is 17.9 Å². The van der Waals surface area contributed by atoms with Crippen molar-refractivity contribution in [3.05, 3.63) is 29.6 Å². The summed E-state index contributed by atoms with van der Waals surface area (Å²) >= 11 is 0. The van der Waals surface area contributed by atoms with Crippen LogP contribution in [0.1, 0.15) is 37.4 Å². The molecule has 2 saturated heterocycles. The van der Waals surface area contributed by atoms with Crippen LogP contribution < -0.4 is 5.32 Å². The molecular weight excluding hydrogens is 354 g/mol. The zero-order valence-corrected chi connectivity index (χ0v) is 17.4. The van der Waals surface area contributed by atoms with Crippen molar-refractivity contribution in [1.82, 2.24) is 25.0 Å². The van der Waals surface area contributed by atoms with E-state index in [1.807, 2.05) is 17.2 Å². The van der Waals surface area contributed by atoms with Crippen LogP contribution in [0.25, 0.3) is 0 Å². The first-order valence-electron chi connectivity index (χ1n) is 10.3. The van der Waals surface area contributed by atoms with Crippen molar-refractivity contribution in [2.45, 2.75) is 51.7 Å². The Hall–Kier alpha value is -1.99. The van der Waals surface area contributed by atoms with E-state index >= 15 is 0 Å². The van der Waals surface area contributed by atoms with E-state index in [1.165, 1.54) is 5.56 Å². The fourth-order valence-corrected chi connectivity index (χ4v) is 4.23. The Balaban J connectivity index is 1.43. The summed E-state index contributed by atoms with van der Waals surface area (Å²) in [6.45, 7) is 8.53. The number of piperazine rings is 1. The number of likely N-dealkylation sites (N-methyl/N-ethyl adjacent to an activating group) is 1. The second-order valence-electron chi connectivity index (χ2n) is 8.12. The monoisotopic (exact) mass is 387 g/mol. The number of nitrogens with one attached hydrogen (secondary N) is 1. The van der Waals surface area contributed by atoms with E-state index in [0.29, 0.717) is 19.0 Å². The summed E-state index contributed by atoms with van der Waals surface area (Å²) in [4.78, 5) is 35.1. The molecule has 2 fully saturated rings. The van der Waals surface area contributed by atoms with Crippen molar-refractivity contribution in [2.75, 3.05) is 39.8 Å². The predicted molar refractivity (Wildman–Crippen MR) is 109 cm³/mol. The Bertz CT molecular complexity index is 687. The van der Waals surface area contributed by atoms with Gasteiger partial charge in [-0.2, -0.15) is 0 Å². The van der Waals surface area contributed by atoms with Crippen LogP contribution in [-0.4, -0.2) is 83.4 Å². The summed E-state index contributed by atoms with van der Waals surface area (Å²) in [5, 5.41) is 2.90. The molecule has 0 spiro atoms. The molecular formula is C21H33N5O2. The highest BCUT2D eigenvalue weighted by molar-refractivity contribution is 5.77. The van der Waals surface area contributed by atoms with Crippen molar-refractivity contribution in [3.8, 4) is 0 Å². The van der Waals surface area contributed by atoms with E-state index in [2.05, 4.69) is 40.1 Å². The van der Waals surface area contributed by atoms with Crippen LogP contribution >= 0.6 is 0 Å². The van der Waals surface area contributed by atoms with Crippen LogP contribution in [0.3, 0.4) is 0 Å². The molecule has 3 heterocycles. The second kappa shape index (κ2) is 9.47. The van der Waals surface area contributed by atoms with Gasteiger partial charge in [-0.05, 0) is 38.4 Å². The Morgan fingerprint density at radius 1 is 1.18 bits per heavy atom. The molecule has 0 unspecified atom stereocenters. The van der Waals surface area contributed by atoms with Gasteiger partial charge in [0.1, 0.15) is 0 Å². The molecule has 154 valence electrons. The lowest BCUT2D eigenvalue weighted by molar-refractivity contribution is -0.134. The van der Waals surface area contributed by atoms with Crippen molar-refractivity contribution >= 4 is 11.8 Å². The molecule has 0 aromatic carbocycles. The third-order valence-corrected chi connectivity index (χ3v) is 6.20. The number of hydrogen-bond acceptors (Lipinski definition) is 5. The number of likely N-dealkylation sites (tertiary alicyclic amines) is 1. The third kappa shape index (κ3) is 5.29. The summed E-state index contributed by atoms with van der Waals surface area (Å²) in [6, 6.07) is 4.68. The van der Waals surface area contributed by atoms with E-state index in [1.54, 1.807) is 6.92 Å². The number of aromatic nitrogens is 1. The highest BCUT2D eigenvalue weighted by Crippen LogP contribution is 2.25. The van der Waals surface area contributed by atoms with Crippen molar-refractivity contribution in [3.63, 3.8) is 0 Å². The standard InChI is InChI=1S/C21H33N5O2/c1-16-5-4-8-22-20(16)15-25-9-11-26(12-10-25)21(28)13-18-6-7-19(24(18)3)14-23-17(2)27/h4-5,8,18-19H,6-7,9-15H2,1-3H3,(H,23,27)/t18-,19+/m0/s1. The minimum Gasteiger partial charge on any atom is -0.355 e. The van der Waals surface area contributed by atoms with Gasteiger partial charge >= 0.3 is 0 Å². The van der Waals surface area contributed by atoms with Gasteiger partial charge in [-0.25, -0.2) is 0 Å². The van der Waals surface area contributed by atoms with Crippen molar-refractivity contribution in [1.29, 1.82) is 0 Å². The molecule has 1 aromatic rings. The lowest BCUT2D eigenvalue weighted by Gasteiger charge is -2.36. The quantitative estimate of drug-likeness (QED) is 0.789. The zero-order valence-electron chi connectivity index (χ0n) is 17.4. The minimum atomic E-state index is 0.00620. The third-order valence-electron chi connectivity index (χ3n) is 6.20. The lowest BCUT2D eigenvalue weighted by atomic mass is 10.1. The fourth-order valence-electron chi connectivity index (χ4n) is 4.23. The smallest absolute Gasteiger partial charge is 0.224 e. The SMILES string of the molecule is CC(=O)NC[C@H]1CC[C@@H](CC(=O)N2CCN(Cc3ncccc3C)CC2)N1C. The average Bonchev–Trinajstić information content (AvgIpc) is 3.02. The predicted octanol–water partition coefficient (Wildman–Crippen LogP) is 1.02. The number of aryl methyl sites for hydroxylation is 1. The van der Waals surface area contributed by atoms with Crippen LogP contribution in [0.4, 0.5) is 0 Å². The molecule has 0 radical (unpaired) electrons. The lowest BCUT2D eigenvalue weighted by Crippen LogP contribution is -2.49. The van der Waals surface area contributed by atoms with Gasteiger partial charge in [0.2, 0.25) is 11.8 Å². The molecule has 2 aliphatic rings. The first-order chi connectivity index (χ1) is 13.4. The van der Waals surface area contributed by atoms with Crippen molar-refractivity contribution < 1.29 is 9.59 Å². The van der Waals surface area contributed by atoms with Crippen LogP contribution in [0.5, 0.6) is 0 Å². The van der Waals surface area contributed by atoms with Crippen molar-refractivity contribution in [2.24, 2.45) is 0 Å². The number of nitrogens with zero attached hydrogens (tertiary/aromatic N) is 4. The highest BCUT2D eigenvalue weighted by Gasteiger charge is 2.33. The normalized spacial score (nSPS) is 23.8. The Morgan fingerprint density at radius 3 is 2.57 bits per heavy atom. The van der Waals surface area contributed by atoms with Crippen LogP contribution in [0, 0.1) is 6.92 Å². The highest BCUT2D eigenvalue weighted by atomic mass is 16.2. The molecule has 1 aromatic heterocycles. The summed E-state index contributed by atoms with van der Waals surface area (Å²) in [5.41, 5.74) is 2.35. The zero-order chi connectivity index (χ0) is 20.1. The maximum Gasteiger partial charge on any atom is 0.224 e. The Kier molecular flexibility index (Phi) is 7.02. The van der Waals surface area contributed by atoms with E-state index in [4.69, 9.17) is 0 Å². The number of carbonyl (C=O) groups excluding carboxylic acids is 2. The Labute approximate surface area is 168 Å². The molecule has 3 rings (SSSR count). The number of rotatable bonds is 6. The molecule has 0 bridgehead atoms. The average molecular weight is 388 g/mol. The summed E-state index contributed by atoms with van der Waals surface area (Å²) in [5.74, 6) is 0.261. The molecule has 0 saturated carbocycles. The topological polar surface area (TPSA) is 68.8 Å². The first kappa shape index (κ1) is 20.7. The number of amides is 2. The number of carbonyl (C=O) groups is 2. The molecule has 2 amide bonds. The molecule has 1 N–H and O–H groups in total. The minimum absolute atomic E-state index is 0.00620. The second-order valence-corrected chi connectivity index (χ2v) is 8.12. The number of pyridine rings is 1. The van der Waals surface area contributed by atoms with E-state index in [9.17, 15) is 9.59 Å². The molecule has 0 aliphatic carbocycles. The maximum atomic E-state index is 12.8. The van der Waals surface area contributed by atoms with Gasteiger partial charge in [0.05, 0.1) is 5.69 Å². The van der Waals surface area contributed by atoms with E-state index in [0.717, 1.165) is 51.3 Å². The molecule has 2 atom stereocenters. The van der Waals surface area contributed by atoms with Gasteiger partial charge in [0, 0.05) is 70.9 Å². The van der Waals surface area contributed by atoms with Gasteiger partial charge in [-0.3, -0.25) is 24.4 Å². The maximum absolute atomic E-state index is 12.8. The summed E-state index contributed by atoms with van der Waals surface area (Å²) in [7, 11) is 2.07. The van der Waals surface area contributed by atoms with Crippen LogP contribution in [0.2, 0.25) is 0 Å². The molecule has 2 aliphatic heterocycles. The van der Waals surface area contributed by atoms with Gasteiger partial charge in [-0.1, -0.05) is 6.07 Å². The van der Waals surface area contributed by atoms with Gasteiger partial charge in [0.15, 0.2) is 0 Å². The van der Waals surface area contributed by atoms with Gasteiger partial charge in [-0.15, -0.1) is 0 Å². The van der Waals surface area contributed by atoms with Gasteiger partial charge in [0.25, 0.3) is 0 Å². The fraction of sp³-hybridized carbons (Fsp3) is 0.667. The molecule has 7 nitrogen and oxygen atoms in total. The largest absolute Gasteiger partial charge is 0.355 e. The summed E-state index contributed by atoms with van der Waals surface area (Å²) < 4.78 is 0. The molecule has 28 heavy (non-hydrogen) atoms. The Morgan fingerprint density at radius 2 is 1.89 bits per heavy atom.